The molecule has 1 fully saturated rings. The van der Waals surface area contributed by atoms with Crippen LogP contribution in [-0.2, 0) is 4.79 Å². The van der Waals surface area contributed by atoms with Crippen molar-refractivity contribution in [3.8, 4) is 0 Å². The van der Waals surface area contributed by atoms with Gasteiger partial charge in [-0.3, -0.25) is 4.79 Å². The van der Waals surface area contributed by atoms with Crippen LogP contribution in [-0.4, -0.2) is 30.6 Å². The fourth-order valence-corrected chi connectivity index (χ4v) is 3.43. The first-order valence-corrected chi connectivity index (χ1v) is 8.23. The van der Waals surface area contributed by atoms with Crippen molar-refractivity contribution < 1.29 is 9.90 Å². The van der Waals surface area contributed by atoms with Crippen molar-refractivity contribution in [2.75, 3.05) is 24.5 Å². The van der Waals surface area contributed by atoms with Gasteiger partial charge in [0.1, 0.15) is 0 Å². The van der Waals surface area contributed by atoms with Gasteiger partial charge in [0.2, 0.25) is 5.91 Å². The molecule has 116 valence electrons. The Labute approximate surface area is 134 Å². The van der Waals surface area contributed by atoms with Gasteiger partial charge in [0.25, 0.3) is 0 Å². The van der Waals surface area contributed by atoms with Crippen LogP contribution in [0.3, 0.4) is 0 Å². The second kappa shape index (κ2) is 7.27. The third-order valence-corrected chi connectivity index (χ3v) is 4.74. The lowest BCUT2D eigenvalue weighted by Gasteiger charge is -2.34. The summed E-state index contributed by atoms with van der Waals surface area (Å²) in [5, 5.41) is 12.6. The first-order chi connectivity index (χ1) is 9.97. The highest BCUT2D eigenvalue weighted by atomic mass is 79.9. The number of carbonyl (C=O) groups excluding carboxylic acids is 1. The number of halogens is 1. The minimum atomic E-state index is -0.461. The summed E-state index contributed by atoms with van der Waals surface area (Å²) in [6.07, 6.45) is 1.73. The zero-order valence-corrected chi connectivity index (χ0v) is 14.2. The molecule has 5 heteroatoms. The van der Waals surface area contributed by atoms with Gasteiger partial charge < -0.3 is 15.3 Å². The number of hydrogen-bond donors (Lipinski definition) is 2. The largest absolute Gasteiger partial charge is 0.389 e. The normalized spacial score (nSPS) is 17.6. The Morgan fingerprint density at radius 3 is 2.67 bits per heavy atom. The zero-order valence-electron chi connectivity index (χ0n) is 12.6. The highest BCUT2D eigenvalue weighted by Gasteiger charge is 2.20. The second-order valence-electron chi connectivity index (χ2n) is 5.75. The molecule has 21 heavy (non-hydrogen) atoms. The predicted molar refractivity (Wildman–Crippen MR) is 88.4 cm³/mol. The molecule has 0 unspecified atom stereocenters. The highest BCUT2D eigenvalue weighted by molar-refractivity contribution is 9.10. The smallest absolute Gasteiger partial charge is 0.216 e. The van der Waals surface area contributed by atoms with Crippen LogP contribution in [0.15, 0.2) is 22.7 Å². The summed E-state index contributed by atoms with van der Waals surface area (Å²) < 4.78 is 0.954. The van der Waals surface area contributed by atoms with E-state index >= 15 is 0 Å². The molecule has 0 aliphatic carbocycles. The number of carbonyl (C=O) groups is 1. The van der Waals surface area contributed by atoms with Crippen LogP contribution < -0.4 is 10.2 Å². The van der Waals surface area contributed by atoms with Crippen LogP contribution >= 0.6 is 15.9 Å². The molecule has 1 aliphatic rings. The number of amides is 1. The maximum atomic E-state index is 10.9. The van der Waals surface area contributed by atoms with E-state index in [1.54, 1.807) is 13.8 Å². The van der Waals surface area contributed by atoms with Crippen molar-refractivity contribution in [3.63, 3.8) is 0 Å². The lowest BCUT2D eigenvalue weighted by molar-refractivity contribution is -0.119. The van der Waals surface area contributed by atoms with Gasteiger partial charge in [-0.05, 0) is 43.4 Å². The van der Waals surface area contributed by atoms with Crippen molar-refractivity contribution >= 4 is 27.5 Å². The van der Waals surface area contributed by atoms with E-state index in [-0.39, 0.29) is 5.91 Å². The van der Waals surface area contributed by atoms with Gasteiger partial charge in [0, 0.05) is 36.7 Å². The lowest BCUT2D eigenvalue weighted by Crippen LogP contribution is -2.38. The van der Waals surface area contributed by atoms with Gasteiger partial charge in [-0.2, -0.15) is 0 Å². The summed E-state index contributed by atoms with van der Waals surface area (Å²) in [7, 11) is 0. The fourth-order valence-electron chi connectivity index (χ4n) is 2.73. The average molecular weight is 355 g/mol. The standard InChI is InChI=1S/C16H23BrN2O2/c1-11(20)15-4-3-14(9-16(15)17)19-7-5-13(6-8-19)10-18-12(2)21/h3-4,9,11,13,20H,5-8,10H2,1-2H3,(H,18,21)/t11-/m1/s1. The van der Waals surface area contributed by atoms with Gasteiger partial charge >= 0.3 is 0 Å². The number of piperidine rings is 1. The zero-order chi connectivity index (χ0) is 15.4. The van der Waals surface area contributed by atoms with E-state index in [9.17, 15) is 9.90 Å². The molecule has 1 aliphatic heterocycles. The summed E-state index contributed by atoms with van der Waals surface area (Å²) in [5.41, 5.74) is 2.10. The maximum Gasteiger partial charge on any atom is 0.216 e. The molecule has 1 atom stereocenters. The molecule has 1 aromatic rings. The van der Waals surface area contributed by atoms with E-state index in [1.165, 1.54) is 5.69 Å². The topological polar surface area (TPSA) is 52.6 Å². The number of aliphatic hydroxyl groups excluding tert-OH is 1. The molecule has 2 N–H and O–H groups in total. The molecule has 0 aromatic heterocycles. The molecular formula is C16H23BrN2O2. The third-order valence-electron chi connectivity index (χ3n) is 4.05. The van der Waals surface area contributed by atoms with Crippen LogP contribution in [0.1, 0.15) is 38.4 Å². The Balaban J connectivity index is 1.93. The molecule has 1 heterocycles. The minimum Gasteiger partial charge on any atom is -0.389 e. The first kappa shape index (κ1) is 16.3. The van der Waals surface area contributed by atoms with Gasteiger partial charge in [-0.1, -0.05) is 22.0 Å². The van der Waals surface area contributed by atoms with Crippen LogP contribution in [0.4, 0.5) is 5.69 Å². The van der Waals surface area contributed by atoms with E-state index in [0.717, 1.165) is 42.5 Å². The summed E-state index contributed by atoms with van der Waals surface area (Å²) >= 11 is 3.53. The Hall–Kier alpha value is -1.07. The van der Waals surface area contributed by atoms with E-state index in [0.29, 0.717) is 5.92 Å². The van der Waals surface area contributed by atoms with Gasteiger partial charge in [-0.25, -0.2) is 0 Å². The molecule has 0 radical (unpaired) electrons. The molecule has 0 spiro atoms. The summed E-state index contributed by atoms with van der Waals surface area (Å²) in [5.74, 6) is 0.625. The molecule has 1 amide bonds. The summed E-state index contributed by atoms with van der Waals surface area (Å²) in [6, 6.07) is 6.13. The van der Waals surface area contributed by atoms with Crippen molar-refractivity contribution in [2.24, 2.45) is 5.92 Å². The average Bonchev–Trinajstić information content (AvgIpc) is 2.45. The number of hydrogen-bond acceptors (Lipinski definition) is 3. The quantitative estimate of drug-likeness (QED) is 0.873. The number of benzene rings is 1. The van der Waals surface area contributed by atoms with E-state index in [2.05, 4.69) is 38.3 Å². The summed E-state index contributed by atoms with van der Waals surface area (Å²) in [4.78, 5) is 13.3. The summed E-state index contributed by atoms with van der Waals surface area (Å²) in [6.45, 7) is 6.13. The van der Waals surface area contributed by atoms with E-state index < -0.39 is 6.10 Å². The number of nitrogens with one attached hydrogen (secondary N) is 1. The molecule has 1 aromatic carbocycles. The van der Waals surface area contributed by atoms with Crippen LogP contribution in [0, 0.1) is 5.92 Å². The number of aliphatic hydroxyl groups is 1. The molecule has 0 bridgehead atoms. The van der Waals surface area contributed by atoms with Crippen molar-refractivity contribution in [1.29, 1.82) is 0 Å². The minimum absolute atomic E-state index is 0.0510. The highest BCUT2D eigenvalue weighted by Crippen LogP contribution is 2.30. The molecule has 1 saturated heterocycles. The SMILES string of the molecule is CC(=O)NCC1CCN(c2ccc([C@@H](C)O)c(Br)c2)CC1. The Morgan fingerprint density at radius 1 is 1.48 bits per heavy atom. The van der Waals surface area contributed by atoms with Crippen molar-refractivity contribution in [3.05, 3.63) is 28.2 Å². The van der Waals surface area contributed by atoms with Crippen molar-refractivity contribution in [1.82, 2.24) is 5.32 Å². The van der Waals surface area contributed by atoms with Crippen LogP contribution in [0.5, 0.6) is 0 Å². The van der Waals surface area contributed by atoms with Crippen LogP contribution in [0.2, 0.25) is 0 Å². The van der Waals surface area contributed by atoms with E-state index in [4.69, 9.17) is 0 Å². The predicted octanol–water partition coefficient (Wildman–Crippen LogP) is 2.85. The number of rotatable bonds is 4. The monoisotopic (exact) mass is 354 g/mol. The Morgan fingerprint density at radius 2 is 2.14 bits per heavy atom. The van der Waals surface area contributed by atoms with Gasteiger partial charge in [-0.15, -0.1) is 0 Å². The maximum absolute atomic E-state index is 10.9. The van der Waals surface area contributed by atoms with E-state index in [1.807, 2.05) is 6.07 Å². The molecule has 0 saturated carbocycles. The number of anilines is 1. The Kier molecular flexibility index (Phi) is 5.65. The fraction of sp³-hybridized carbons (Fsp3) is 0.562. The van der Waals surface area contributed by atoms with Gasteiger partial charge in [0.05, 0.1) is 6.10 Å². The first-order valence-electron chi connectivity index (χ1n) is 7.44. The lowest BCUT2D eigenvalue weighted by atomic mass is 9.96. The molecule has 2 rings (SSSR count). The third kappa shape index (κ3) is 4.45. The van der Waals surface area contributed by atoms with Crippen molar-refractivity contribution in [2.45, 2.75) is 32.8 Å². The second-order valence-corrected chi connectivity index (χ2v) is 6.60. The van der Waals surface area contributed by atoms with Crippen LogP contribution in [0.25, 0.3) is 0 Å². The molecule has 4 nitrogen and oxygen atoms in total. The van der Waals surface area contributed by atoms with Gasteiger partial charge in [0.15, 0.2) is 0 Å². The molecular weight excluding hydrogens is 332 g/mol. The Bertz CT molecular complexity index is 497. The number of nitrogens with zero attached hydrogens (tertiary/aromatic N) is 1.